The lowest BCUT2D eigenvalue weighted by molar-refractivity contribution is -0.197. The smallest absolute Gasteiger partial charge is 0.366 e. The fourth-order valence-corrected chi connectivity index (χ4v) is 3.87. The van der Waals surface area contributed by atoms with Gasteiger partial charge in [0.1, 0.15) is 11.7 Å². The summed E-state index contributed by atoms with van der Waals surface area (Å²) in [7, 11) is 0. The van der Waals surface area contributed by atoms with E-state index in [0.29, 0.717) is 4.90 Å². The van der Waals surface area contributed by atoms with Crippen LogP contribution in [0, 0.1) is 5.82 Å². The second-order valence-corrected chi connectivity index (χ2v) is 6.77. The molecule has 3 aromatic rings. The number of carbonyl (C=O) groups is 1. The zero-order valence-electron chi connectivity index (χ0n) is 14.9. The molecule has 7 heteroatoms. The van der Waals surface area contributed by atoms with Crippen LogP contribution in [0.3, 0.4) is 0 Å². The summed E-state index contributed by atoms with van der Waals surface area (Å²) in [5.74, 6) is -3.83. The third kappa shape index (κ3) is 2.98. The van der Waals surface area contributed by atoms with E-state index < -0.39 is 29.5 Å². The van der Waals surface area contributed by atoms with Crippen LogP contribution in [0.1, 0.15) is 27.4 Å². The SMILES string of the molecule is O=C1c2ccccc2C(O)(C(c2ccccc2)C(F)(F)F)N1c1ccc(F)cc1. The number of hydrogen-bond acceptors (Lipinski definition) is 2. The van der Waals surface area contributed by atoms with Gasteiger partial charge in [0.05, 0.1) is 0 Å². The van der Waals surface area contributed by atoms with Crippen LogP contribution in [0.25, 0.3) is 0 Å². The Morgan fingerprint density at radius 3 is 2.07 bits per heavy atom. The maximum absolute atomic E-state index is 14.3. The van der Waals surface area contributed by atoms with E-state index >= 15 is 0 Å². The number of alkyl halides is 3. The van der Waals surface area contributed by atoms with Gasteiger partial charge in [-0.1, -0.05) is 48.5 Å². The van der Waals surface area contributed by atoms with Crippen LogP contribution >= 0.6 is 0 Å². The monoisotopic (exact) mass is 401 g/mol. The summed E-state index contributed by atoms with van der Waals surface area (Å²) in [6, 6.07) is 17.0. The predicted octanol–water partition coefficient (Wildman–Crippen LogP) is 4.98. The standard InChI is InChI=1S/C22H15F4NO2/c23-15-10-12-16(13-11-15)27-20(28)17-8-4-5-9-18(17)21(27,29)19(22(24,25)26)14-6-2-1-3-7-14/h1-13,19,29H. The van der Waals surface area contributed by atoms with Crippen molar-refractivity contribution in [3.8, 4) is 0 Å². The van der Waals surface area contributed by atoms with Crippen LogP contribution < -0.4 is 4.90 Å². The maximum atomic E-state index is 14.3. The molecule has 0 bridgehead atoms. The number of carbonyl (C=O) groups excluding carboxylic acids is 1. The molecule has 0 fully saturated rings. The molecule has 1 aliphatic rings. The van der Waals surface area contributed by atoms with Gasteiger partial charge in [-0.2, -0.15) is 13.2 Å². The lowest BCUT2D eigenvalue weighted by Crippen LogP contribution is -2.52. The number of halogens is 4. The van der Waals surface area contributed by atoms with Crippen LogP contribution in [-0.2, 0) is 5.72 Å². The van der Waals surface area contributed by atoms with E-state index in [2.05, 4.69) is 0 Å². The first-order valence-electron chi connectivity index (χ1n) is 8.78. The van der Waals surface area contributed by atoms with Crippen molar-refractivity contribution in [1.29, 1.82) is 0 Å². The van der Waals surface area contributed by atoms with Gasteiger partial charge in [0, 0.05) is 16.8 Å². The van der Waals surface area contributed by atoms with Crippen LogP contribution in [-0.4, -0.2) is 17.2 Å². The molecule has 2 unspecified atom stereocenters. The number of nitrogens with zero attached hydrogens (tertiary/aromatic N) is 1. The van der Waals surface area contributed by atoms with Gasteiger partial charge in [-0.05, 0) is 35.9 Å². The zero-order chi connectivity index (χ0) is 20.8. The molecule has 1 amide bonds. The summed E-state index contributed by atoms with van der Waals surface area (Å²) in [5, 5.41) is 11.6. The highest BCUT2D eigenvalue weighted by Crippen LogP contribution is 2.54. The number of anilines is 1. The van der Waals surface area contributed by atoms with E-state index in [0.717, 1.165) is 12.1 Å². The Labute approximate surface area is 163 Å². The molecule has 3 aromatic carbocycles. The zero-order valence-corrected chi connectivity index (χ0v) is 14.9. The summed E-state index contributed by atoms with van der Waals surface area (Å²) >= 11 is 0. The fraction of sp³-hybridized carbons (Fsp3) is 0.136. The van der Waals surface area contributed by atoms with Gasteiger partial charge < -0.3 is 5.11 Å². The van der Waals surface area contributed by atoms with Crippen molar-refractivity contribution in [3.05, 3.63) is 101 Å². The molecular weight excluding hydrogens is 386 g/mol. The van der Waals surface area contributed by atoms with Gasteiger partial charge in [0.2, 0.25) is 0 Å². The highest BCUT2D eigenvalue weighted by Gasteiger charge is 2.63. The van der Waals surface area contributed by atoms with Gasteiger partial charge in [0.15, 0.2) is 5.72 Å². The van der Waals surface area contributed by atoms with Crippen molar-refractivity contribution in [3.63, 3.8) is 0 Å². The molecule has 0 aliphatic carbocycles. The number of amides is 1. The van der Waals surface area contributed by atoms with Gasteiger partial charge in [-0.15, -0.1) is 0 Å². The number of benzene rings is 3. The number of aliphatic hydroxyl groups is 1. The second kappa shape index (κ2) is 6.70. The van der Waals surface area contributed by atoms with E-state index in [1.54, 1.807) is 6.07 Å². The first-order chi connectivity index (χ1) is 13.7. The maximum Gasteiger partial charge on any atom is 0.400 e. The molecule has 0 saturated carbocycles. The van der Waals surface area contributed by atoms with E-state index in [-0.39, 0.29) is 22.4 Å². The second-order valence-electron chi connectivity index (χ2n) is 6.77. The summed E-state index contributed by atoms with van der Waals surface area (Å²) in [6.07, 6.45) is -4.88. The Morgan fingerprint density at radius 2 is 1.45 bits per heavy atom. The minimum absolute atomic E-state index is 0.0375. The number of fused-ring (bicyclic) bond motifs is 1. The topological polar surface area (TPSA) is 40.5 Å². The molecule has 1 heterocycles. The largest absolute Gasteiger partial charge is 0.400 e. The van der Waals surface area contributed by atoms with Crippen molar-refractivity contribution in [1.82, 2.24) is 0 Å². The van der Waals surface area contributed by atoms with Gasteiger partial charge >= 0.3 is 6.18 Å². The molecule has 0 spiro atoms. The van der Waals surface area contributed by atoms with Gasteiger partial charge in [0.25, 0.3) is 5.91 Å². The Balaban J connectivity index is 2.01. The highest BCUT2D eigenvalue weighted by molar-refractivity contribution is 6.12. The molecule has 2 atom stereocenters. The Bertz CT molecular complexity index is 1050. The molecule has 0 aromatic heterocycles. The van der Waals surface area contributed by atoms with Crippen LogP contribution in [0.2, 0.25) is 0 Å². The third-order valence-electron chi connectivity index (χ3n) is 5.05. The van der Waals surface area contributed by atoms with Crippen molar-refractivity contribution >= 4 is 11.6 Å². The molecule has 1 N–H and O–H groups in total. The van der Waals surface area contributed by atoms with Crippen LogP contribution in [0.5, 0.6) is 0 Å². The molecule has 3 nitrogen and oxygen atoms in total. The minimum Gasteiger partial charge on any atom is -0.366 e. The lowest BCUT2D eigenvalue weighted by atomic mass is 9.82. The van der Waals surface area contributed by atoms with Crippen molar-refractivity contribution < 1.29 is 27.5 Å². The molecule has 0 radical (unpaired) electrons. The number of hydrogen-bond donors (Lipinski definition) is 1. The molecule has 148 valence electrons. The summed E-state index contributed by atoms with van der Waals surface area (Å²) in [4.78, 5) is 13.8. The minimum atomic E-state index is -4.88. The van der Waals surface area contributed by atoms with E-state index in [4.69, 9.17) is 0 Å². The average molecular weight is 401 g/mol. The Hall–Kier alpha value is -3.19. The van der Waals surface area contributed by atoms with Crippen LogP contribution in [0.4, 0.5) is 23.2 Å². The van der Waals surface area contributed by atoms with E-state index in [1.165, 1.54) is 60.7 Å². The van der Waals surface area contributed by atoms with Crippen molar-refractivity contribution in [2.24, 2.45) is 0 Å². The summed E-state index contributed by atoms with van der Waals surface area (Å²) in [6.45, 7) is 0. The quantitative estimate of drug-likeness (QED) is 0.629. The highest BCUT2D eigenvalue weighted by atomic mass is 19.4. The first kappa shape index (κ1) is 19.1. The van der Waals surface area contributed by atoms with E-state index in [9.17, 15) is 27.5 Å². The molecule has 4 rings (SSSR count). The van der Waals surface area contributed by atoms with Crippen molar-refractivity contribution in [2.75, 3.05) is 4.90 Å². The first-order valence-corrected chi connectivity index (χ1v) is 8.78. The van der Waals surface area contributed by atoms with Gasteiger partial charge in [-0.3, -0.25) is 9.69 Å². The molecule has 1 aliphatic heterocycles. The summed E-state index contributed by atoms with van der Waals surface area (Å²) in [5.41, 5.74) is -3.17. The fourth-order valence-electron chi connectivity index (χ4n) is 3.87. The molecule has 0 saturated heterocycles. The average Bonchev–Trinajstić information content (AvgIpc) is 2.91. The normalized spacial score (nSPS) is 19.9. The summed E-state index contributed by atoms with van der Waals surface area (Å²) < 4.78 is 56.4. The predicted molar refractivity (Wildman–Crippen MR) is 98.8 cm³/mol. The van der Waals surface area contributed by atoms with E-state index in [1.807, 2.05) is 0 Å². The molecule has 29 heavy (non-hydrogen) atoms. The lowest BCUT2D eigenvalue weighted by Gasteiger charge is -2.41. The Morgan fingerprint density at radius 1 is 0.862 bits per heavy atom. The Kier molecular flexibility index (Phi) is 4.42. The van der Waals surface area contributed by atoms with Gasteiger partial charge in [-0.25, -0.2) is 4.39 Å². The third-order valence-corrected chi connectivity index (χ3v) is 5.05. The number of rotatable bonds is 3. The van der Waals surface area contributed by atoms with Crippen LogP contribution in [0.15, 0.2) is 78.9 Å². The molecular formula is C22H15F4NO2. The van der Waals surface area contributed by atoms with Crippen molar-refractivity contribution in [2.45, 2.75) is 17.8 Å².